The first-order valence-electron chi connectivity index (χ1n) is 9.46. The van der Waals surface area contributed by atoms with Crippen LogP contribution in [0, 0.1) is 0 Å². The lowest BCUT2D eigenvalue weighted by Crippen LogP contribution is -2.49. The molecule has 0 spiro atoms. The van der Waals surface area contributed by atoms with Gasteiger partial charge in [-0.25, -0.2) is 0 Å². The number of anilines is 2. The van der Waals surface area contributed by atoms with E-state index >= 15 is 0 Å². The molecule has 0 bridgehead atoms. The van der Waals surface area contributed by atoms with Crippen LogP contribution < -0.4 is 14.5 Å². The van der Waals surface area contributed by atoms with Gasteiger partial charge in [0.25, 0.3) is 0 Å². The minimum Gasteiger partial charge on any atom is -0.492 e. The van der Waals surface area contributed by atoms with E-state index in [2.05, 4.69) is 34.9 Å². The van der Waals surface area contributed by atoms with Gasteiger partial charge in [-0.2, -0.15) is 0 Å². The van der Waals surface area contributed by atoms with E-state index in [4.69, 9.17) is 4.74 Å². The number of amides is 1. The maximum atomic E-state index is 12.1. The smallest absolute Gasteiger partial charge is 0.224 e. The van der Waals surface area contributed by atoms with Crippen LogP contribution in [-0.4, -0.2) is 50.6 Å². The van der Waals surface area contributed by atoms with Crippen molar-refractivity contribution in [1.29, 1.82) is 0 Å². The van der Waals surface area contributed by atoms with E-state index < -0.39 is 0 Å². The van der Waals surface area contributed by atoms with E-state index in [1.54, 1.807) is 6.92 Å². The van der Waals surface area contributed by atoms with Gasteiger partial charge in [-0.3, -0.25) is 4.79 Å². The van der Waals surface area contributed by atoms with Crippen molar-refractivity contribution >= 4 is 17.3 Å². The van der Waals surface area contributed by atoms with E-state index in [9.17, 15) is 4.79 Å². The molecule has 3 rings (SSSR count). The van der Waals surface area contributed by atoms with Gasteiger partial charge >= 0.3 is 0 Å². The molecule has 0 fully saturated rings. The van der Waals surface area contributed by atoms with Gasteiger partial charge in [-0.15, -0.1) is 0 Å². The number of rotatable bonds is 6. The Morgan fingerprint density at radius 2 is 1.78 bits per heavy atom. The van der Waals surface area contributed by atoms with Gasteiger partial charge in [0.05, 0.1) is 17.4 Å². The number of hydrogen-bond acceptors (Lipinski definition) is 4. The summed E-state index contributed by atoms with van der Waals surface area (Å²) in [5, 5.41) is 0. The zero-order chi connectivity index (χ0) is 19.4. The first-order valence-corrected chi connectivity index (χ1v) is 9.46. The SMILES string of the molecule is CC(=O)N1c2ccccc2N(Cc2ccc(OCCN(C)C)cc2)CC1C. The maximum Gasteiger partial charge on any atom is 0.224 e. The zero-order valence-electron chi connectivity index (χ0n) is 16.7. The second-order valence-electron chi connectivity index (χ2n) is 7.40. The van der Waals surface area contributed by atoms with Crippen molar-refractivity contribution < 1.29 is 9.53 Å². The second-order valence-corrected chi connectivity index (χ2v) is 7.40. The summed E-state index contributed by atoms with van der Waals surface area (Å²) in [6.07, 6.45) is 0. The highest BCUT2D eigenvalue weighted by molar-refractivity contribution is 5.97. The average Bonchev–Trinajstić information content (AvgIpc) is 2.62. The van der Waals surface area contributed by atoms with Crippen molar-refractivity contribution in [3.05, 3.63) is 54.1 Å². The van der Waals surface area contributed by atoms with Crippen LogP contribution in [-0.2, 0) is 11.3 Å². The first kappa shape index (κ1) is 19.2. The predicted molar refractivity (Wildman–Crippen MR) is 111 cm³/mol. The highest BCUT2D eigenvalue weighted by atomic mass is 16.5. The molecule has 5 nitrogen and oxygen atoms in total. The molecule has 1 amide bonds. The highest BCUT2D eigenvalue weighted by Gasteiger charge is 2.30. The number of hydrogen-bond donors (Lipinski definition) is 0. The largest absolute Gasteiger partial charge is 0.492 e. The van der Waals surface area contributed by atoms with Gasteiger partial charge in [0.1, 0.15) is 12.4 Å². The summed E-state index contributed by atoms with van der Waals surface area (Å²) in [4.78, 5) is 18.4. The molecule has 1 aliphatic rings. The summed E-state index contributed by atoms with van der Waals surface area (Å²) in [6.45, 7) is 6.95. The Morgan fingerprint density at radius 3 is 2.41 bits per heavy atom. The molecule has 1 atom stereocenters. The molecule has 5 heteroatoms. The minimum atomic E-state index is 0.0915. The van der Waals surface area contributed by atoms with E-state index in [1.807, 2.05) is 49.3 Å². The highest BCUT2D eigenvalue weighted by Crippen LogP contribution is 2.36. The predicted octanol–water partition coefficient (Wildman–Crippen LogP) is 3.39. The molecule has 1 heterocycles. The van der Waals surface area contributed by atoms with E-state index in [1.165, 1.54) is 5.56 Å². The molecule has 2 aromatic carbocycles. The Bertz CT molecular complexity index is 773. The summed E-state index contributed by atoms with van der Waals surface area (Å²) in [6, 6.07) is 16.6. The number of benzene rings is 2. The second kappa shape index (κ2) is 8.44. The number of fused-ring (bicyclic) bond motifs is 1. The van der Waals surface area contributed by atoms with Crippen LogP contribution in [0.1, 0.15) is 19.4 Å². The summed E-state index contributed by atoms with van der Waals surface area (Å²) < 4.78 is 5.78. The molecule has 0 saturated heterocycles. The van der Waals surface area contributed by atoms with Crippen LogP contribution in [0.4, 0.5) is 11.4 Å². The van der Waals surface area contributed by atoms with Crippen LogP contribution in [0.25, 0.3) is 0 Å². The quantitative estimate of drug-likeness (QED) is 0.784. The number of para-hydroxylation sites is 2. The van der Waals surface area contributed by atoms with Crippen molar-refractivity contribution in [3.8, 4) is 5.75 Å². The van der Waals surface area contributed by atoms with Crippen molar-refractivity contribution in [1.82, 2.24) is 4.90 Å². The molecule has 0 aliphatic carbocycles. The van der Waals surface area contributed by atoms with E-state index in [0.717, 1.165) is 36.8 Å². The number of ether oxygens (including phenoxy) is 1. The van der Waals surface area contributed by atoms with Crippen molar-refractivity contribution in [2.45, 2.75) is 26.4 Å². The normalized spacial score (nSPS) is 16.4. The fraction of sp³-hybridized carbons (Fsp3) is 0.409. The Balaban J connectivity index is 1.72. The van der Waals surface area contributed by atoms with Crippen LogP contribution in [0.15, 0.2) is 48.5 Å². The maximum absolute atomic E-state index is 12.1. The van der Waals surface area contributed by atoms with Crippen molar-refractivity contribution in [2.75, 3.05) is 43.6 Å². The summed E-state index contributed by atoms with van der Waals surface area (Å²) in [5.74, 6) is 0.990. The van der Waals surface area contributed by atoms with Crippen LogP contribution in [0.5, 0.6) is 5.75 Å². The van der Waals surface area contributed by atoms with E-state index in [-0.39, 0.29) is 11.9 Å². The molecule has 1 unspecified atom stereocenters. The van der Waals surface area contributed by atoms with Gasteiger partial charge in [-0.1, -0.05) is 24.3 Å². The van der Waals surface area contributed by atoms with Crippen LogP contribution >= 0.6 is 0 Å². The molecule has 1 aliphatic heterocycles. The van der Waals surface area contributed by atoms with Gasteiger partial charge in [0.2, 0.25) is 5.91 Å². The van der Waals surface area contributed by atoms with Crippen molar-refractivity contribution in [3.63, 3.8) is 0 Å². The standard InChI is InChI=1S/C22H29N3O2/c1-17-15-24(21-7-5-6-8-22(21)25(17)18(2)26)16-19-9-11-20(12-10-19)27-14-13-23(3)4/h5-12,17H,13-16H2,1-4H3. The fourth-order valence-electron chi connectivity index (χ4n) is 3.56. The Morgan fingerprint density at radius 1 is 1.11 bits per heavy atom. The zero-order valence-corrected chi connectivity index (χ0v) is 16.7. The summed E-state index contributed by atoms with van der Waals surface area (Å²) >= 11 is 0. The Labute approximate surface area is 162 Å². The number of carbonyl (C=O) groups excluding carboxylic acids is 1. The lowest BCUT2D eigenvalue weighted by Gasteiger charge is -2.41. The Hall–Kier alpha value is -2.53. The van der Waals surface area contributed by atoms with E-state index in [0.29, 0.717) is 6.61 Å². The third kappa shape index (κ3) is 4.61. The fourth-order valence-corrected chi connectivity index (χ4v) is 3.56. The number of likely N-dealkylation sites (N-methyl/N-ethyl adjacent to an activating group) is 1. The van der Waals surface area contributed by atoms with Gasteiger partial charge in [-0.05, 0) is 50.8 Å². The third-order valence-corrected chi connectivity index (χ3v) is 4.85. The lowest BCUT2D eigenvalue weighted by molar-refractivity contribution is -0.117. The number of nitrogens with zero attached hydrogens (tertiary/aromatic N) is 3. The molecule has 0 aromatic heterocycles. The monoisotopic (exact) mass is 367 g/mol. The molecule has 0 radical (unpaired) electrons. The topological polar surface area (TPSA) is 36.0 Å². The van der Waals surface area contributed by atoms with Crippen molar-refractivity contribution in [2.24, 2.45) is 0 Å². The average molecular weight is 367 g/mol. The molecule has 2 aromatic rings. The van der Waals surface area contributed by atoms with Crippen LogP contribution in [0.2, 0.25) is 0 Å². The minimum absolute atomic E-state index is 0.0915. The molecule has 27 heavy (non-hydrogen) atoms. The third-order valence-electron chi connectivity index (χ3n) is 4.85. The molecular formula is C22H29N3O2. The lowest BCUT2D eigenvalue weighted by atomic mass is 10.1. The molecular weight excluding hydrogens is 338 g/mol. The Kier molecular flexibility index (Phi) is 6.01. The first-order chi connectivity index (χ1) is 13.0. The van der Waals surface area contributed by atoms with Gasteiger partial charge in [0.15, 0.2) is 0 Å². The summed E-state index contributed by atoms with van der Waals surface area (Å²) in [5.41, 5.74) is 3.33. The molecule has 0 N–H and O–H groups in total. The van der Waals surface area contributed by atoms with Gasteiger partial charge < -0.3 is 19.4 Å². The number of carbonyl (C=O) groups is 1. The molecule has 0 saturated carbocycles. The summed E-state index contributed by atoms with van der Waals surface area (Å²) in [7, 11) is 4.08. The van der Waals surface area contributed by atoms with Crippen LogP contribution in [0.3, 0.4) is 0 Å². The van der Waals surface area contributed by atoms with Gasteiger partial charge in [0, 0.05) is 26.6 Å². The molecule has 144 valence electrons.